The summed E-state index contributed by atoms with van der Waals surface area (Å²) in [6, 6.07) is 3.61. The molecule has 0 heterocycles. The number of carbonyl (C=O) groups excluding carboxylic acids is 1. The molecule has 0 spiro atoms. The highest BCUT2D eigenvalue weighted by molar-refractivity contribution is 7.89. The van der Waals surface area contributed by atoms with E-state index in [1.807, 2.05) is 0 Å². The molecule has 6 nitrogen and oxygen atoms in total. The van der Waals surface area contributed by atoms with Crippen molar-refractivity contribution >= 4 is 21.6 Å². The van der Waals surface area contributed by atoms with Crippen molar-refractivity contribution < 1.29 is 17.6 Å². The molecular formula is C13H20FN3O3S. The Hall–Kier alpha value is -1.67. The van der Waals surface area contributed by atoms with Crippen molar-refractivity contribution in [2.45, 2.75) is 31.2 Å². The molecule has 1 amide bonds. The van der Waals surface area contributed by atoms with Gasteiger partial charge in [-0.15, -0.1) is 0 Å². The third-order valence-corrected chi connectivity index (χ3v) is 4.44. The van der Waals surface area contributed by atoms with Gasteiger partial charge in [0.2, 0.25) is 15.9 Å². The van der Waals surface area contributed by atoms with E-state index in [4.69, 9.17) is 5.73 Å². The van der Waals surface area contributed by atoms with Crippen LogP contribution in [0.2, 0.25) is 0 Å². The van der Waals surface area contributed by atoms with Crippen LogP contribution in [-0.4, -0.2) is 37.8 Å². The van der Waals surface area contributed by atoms with Crippen LogP contribution in [0.3, 0.4) is 0 Å². The minimum Gasteiger partial charge on any atom is -0.398 e. The average molecular weight is 317 g/mol. The highest BCUT2D eigenvalue weighted by Crippen LogP contribution is 2.24. The van der Waals surface area contributed by atoms with Gasteiger partial charge in [0.25, 0.3) is 0 Å². The van der Waals surface area contributed by atoms with Crippen molar-refractivity contribution in [2.75, 3.05) is 19.3 Å². The van der Waals surface area contributed by atoms with Gasteiger partial charge in [0.15, 0.2) is 0 Å². The fourth-order valence-electron chi connectivity index (χ4n) is 1.70. The lowest BCUT2D eigenvalue weighted by atomic mass is 10.1. The van der Waals surface area contributed by atoms with Crippen molar-refractivity contribution in [3.05, 3.63) is 24.0 Å². The number of sulfonamides is 1. The van der Waals surface area contributed by atoms with Crippen molar-refractivity contribution in [1.82, 2.24) is 9.62 Å². The number of amides is 1. The summed E-state index contributed by atoms with van der Waals surface area (Å²) in [5, 5.41) is 2.63. The van der Waals surface area contributed by atoms with Gasteiger partial charge in [-0.2, -0.15) is 4.31 Å². The van der Waals surface area contributed by atoms with Crippen LogP contribution in [0.5, 0.6) is 0 Å². The number of carbonyl (C=O) groups is 1. The van der Waals surface area contributed by atoms with Gasteiger partial charge >= 0.3 is 0 Å². The van der Waals surface area contributed by atoms with Gasteiger partial charge in [0.05, 0.1) is 12.2 Å². The van der Waals surface area contributed by atoms with E-state index in [9.17, 15) is 17.6 Å². The zero-order valence-electron chi connectivity index (χ0n) is 12.5. The second kappa shape index (κ2) is 5.98. The van der Waals surface area contributed by atoms with Crippen molar-refractivity contribution in [3.8, 4) is 0 Å². The Balaban J connectivity index is 3.01. The maximum Gasteiger partial charge on any atom is 0.248 e. The normalized spacial score (nSPS) is 12.5. The summed E-state index contributed by atoms with van der Waals surface area (Å²) in [4.78, 5) is 11.2. The van der Waals surface area contributed by atoms with E-state index in [2.05, 4.69) is 5.32 Å². The van der Waals surface area contributed by atoms with Gasteiger partial charge in [-0.1, -0.05) is 6.07 Å². The van der Waals surface area contributed by atoms with Crippen LogP contribution in [0, 0.1) is 5.82 Å². The van der Waals surface area contributed by atoms with Crippen molar-refractivity contribution in [3.63, 3.8) is 0 Å². The summed E-state index contributed by atoms with van der Waals surface area (Å²) < 4.78 is 39.1. The van der Waals surface area contributed by atoms with E-state index in [1.54, 1.807) is 20.8 Å². The molecule has 8 heteroatoms. The Kier molecular flexibility index (Phi) is 4.95. The molecule has 1 aromatic rings. The van der Waals surface area contributed by atoms with E-state index in [0.717, 1.165) is 10.4 Å². The van der Waals surface area contributed by atoms with Crippen LogP contribution in [-0.2, 0) is 14.8 Å². The first-order valence-electron chi connectivity index (χ1n) is 6.26. The molecule has 0 aliphatic rings. The number of nitrogens with two attached hydrogens (primary N) is 1. The molecule has 3 N–H and O–H groups in total. The SMILES string of the molecule is CN(CC(=O)NC(C)(C)C)S(=O)(=O)c1c(N)cccc1F. The van der Waals surface area contributed by atoms with Crippen molar-refractivity contribution in [2.24, 2.45) is 0 Å². The van der Waals surface area contributed by atoms with E-state index in [1.165, 1.54) is 19.2 Å². The van der Waals surface area contributed by atoms with E-state index >= 15 is 0 Å². The molecule has 0 fully saturated rings. The number of hydrogen-bond acceptors (Lipinski definition) is 4. The maximum atomic E-state index is 13.7. The smallest absolute Gasteiger partial charge is 0.248 e. The number of benzene rings is 1. The Morgan fingerprint density at radius 3 is 2.43 bits per heavy atom. The van der Waals surface area contributed by atoms with Crippen LogP contribution in [0.15, 0.2) is 23.1 Å². The minimum absolute atomic E-state index is 0.196. The molecule has 0 aliphatic heterocycles. The highest BCUT2D eigenvalue weighted by atomic mass is 32.2. The fraction of sp³-hybridized carbons (Fsp3) is 0.462. The largest absolute Gasteiger partial charge is 0.398 e. The lowest BCUT2D eigenvalue weighted by molar-refractivity contribution is -0.122. The van der Waals surface area contributed by atoms with Gasteiger partial charge < -0.3 is 11.1 Å². The Morgan fingerprint density at radius 1 is 1.38 bits per heavy atom. The highest BCUT2D eigenvalue weighted by Gasteiger charge is 2.29. The molecule has 118 valence electrons. The summed E-state index contributed by atoms with van der Waals surface area (Å²) >= 11 is 0. The van der Waals surface area contributed by atoms with Crippen LogP contribution < -0.4 is 11.1 Å². The molecule has 0 saturated heterocycles. The molecule has 0 aromatic heterocycles. The molecule has 0 radical (unpaired) electrons. The van der Waals surface area contributed by atoms with Gasteiger partial charge in [-0.25, -0.2) is 12.8 Å². The van der Waals surface area contributed by atoms with Crippen LogP contribution in [0.4, 0.5) is 10.1 Å². The van der Waals surface area contributed by atoms with Crippen LogP contribution in [0.1, 0.15) is 20.8 Å². The fourth-order valence-corrected chi connectivity index (χ4v) is 2.98. The summed E-state index contributed by atoms with van der Waals surface area (Å²) in [5.74, 6) is -1.43. The number of nitrogen functional groups attached to an aromatic ring is 1. The summed E-state index contributed by atoms with van der Waals surface area (Å²) in [6.45, 7) is 4.89. The summed E-state index contributed by atoms with van der Waals surface area (Å²) in [5.41, 5.74) is 4.85. The number of nitrogens with one attached hydrogen (secondary N) is 1. The number of nitrogens with zero attached hydrogens (tertiary/aromatic N) is 1. The second-order valence-corrected chi connectivity index (χ2v) is 7.70. The number of hydrogen-bond donors (Lipinski definition) is 2. The summed E-state index contributed by atoms with van der Waals surface area (Å²) in [6.07, 6.45) is 0. The topological polar surface area (TPSA) is 92.5 Å². The van der Waals surface area contributed by atoms with E-state index < -0.39 is 38.7 Å². The van der Waals surface area contributed by atoms with Crippen molar-refractivity contribution in [1.29, 1.82) is 0 Å². The quantitative estimate of drug-likeness (QED) is 0.809. The van der Waals surface area contributed by atoms with Gasteiger partial charge in [-0.05, 0) is 32.9 Å². The first-order valence-corrected chi connectivity index (χ1v) is 7.70. The van der Waals surface area contributed by atoms with E-state index in [0.29, 0.717) is 0 Å². The number of likely N-dealkylation sites (N-methyl/N-ethyl adjacent to an activating group) is 1. The molecule has 21 heavy (non-hydrogen) atoms. The number of anilines is 1. The lowest BCUT2D eigenvalue weighted by Gasteiger charge is -2.23. The maximum absolute atomic E-state index is 13.7. The third-order valence-electron chi connectivity index (χ3n) is 2.55. The predicted molar refractivity (Wildman–Crippen MR) is 78.5 cm³/mol. The third kappa shape index (κ3) is 4.40. The van der Waals surface area contributed by atoms with Gasteiger partial charge in [-0.3, -0.25) is 4.79 Å². The molecular weight excluding hydrogens is 297 g/mol. The zero-order valence-corrected chi connectivity index (χ0v) is 13.3. The van der Waals surface area contributed by atoms with Crippen LogP contribution in [0.25, 0.3) is 0 Å². The number of rotatable bonds is 4. The molecule has 1 rings (SSSR count). The Morgan fingerprint density at radius 2 is 1.95 bits per heavy atom. The second-order valence-electron chi connectivity index (χ2n) is 5.72. The average Bonchev–Trinajstić information content (AvgIpc) is 2.25. The van der Waals surface area contributed by atoms with Gasteiger partial charge in [0, 0.05) is 12.6 Å². The molecule has 0 aliphatic carbocycles. The van der Waals surface area contributed by atoms with E-state index in [-0.39, 0.29) is 5.69 Å². The Bertz CT molecular complexity index is 618. The predicted octanol–water partition coefficient (Wildman–Crippen LogP) is 0.943. The molecule has 0 unspecified atom stereocenters. The summed E-state index contributed by atoms with van der Waals surface area (Å²) in [7, 11) is -2.98. The lowest BCUT2D eigenvalue weighted by Crippen LogP contribution is -2.46. The monoisotopic (exact) mass is 317 g/mol. The minimum atomic E-state index is -4.18. The molecule has 0 saturated carbocycles. The first-order chi connectivity index (χ1) is 9.45. The Labute approximate surface area is 124 Å². The molecule has 0 bridgehead atoms. The first kappa shape index (κ1) is 17.4. The number of halogens is 1. The molecule has 1 aromatic carbocycles. The standard InChI is InChI=1S/C13H20FN3O3S/c1-13(2,3)16-11(18)8-17(4)21(19,20)12-9(14)6-5-7-10(12)15/h5-7H,8,15H2,1-4H3,(H,16,18). The zero-order chi connectivity index (χ0) is 16.4. The van der Waals surface area contributed by atoms with Gasteiger partial charge in [0.1, 0.15) is 10.7 Å². The molecule has 0 atom stereocenters. The van der Waals surface area contributed by atoms with Crippen LogP contribution >= 0.6 is 0 Å².